The number of hydrogen-bond acceptors (Lipinski definition) is 5. The smallest absolute Gasteiger partial charge is 0.185 e. The van der Waals surface area contributed by atoms with Crippen molar-refractivity contribution in [3.8, 4) is 0 Å². The number of nitrogens with one attached hydrogen (secondary N) is 1. The Hall–Kier alpha value is -1.92. The lowest BCUT2D eigenvalue weighted by molar-refractivity contribution is 0.280. The van der Waals surface area contributed by atoms with Gasteiger partial charge < -0.3 is 10.4 Å². The Balaban J connectivity index is 1.88. The zero-order valence-corrected chi connectivity index (χ0v) is 13.8. The summed E-state index contributed by atoms with van der Waals surface area (Å²) in [6.07, 6.45) is 0.649. The summed E-state index contributed by atoms with van der Waals surface area (Å²) >= 11 is 1.61. The van der Waals surface area contributed by atoms with Gasteiger partial charge in [0.05, 0.1) is 16.4 Å². The van der Waals surface area contributed by atoms with Gasteiger partial charge in [0.15, 0.2) is 10.8 Å². The average Bonchev–Trinajstić information content (AvgIpc) is 3.01. The summed E-state index contributed by atoms with van der Waals surface area (Å²) in [5, 5.41) is 18.0. The van der Waals surface area contributed by atoms with Gasteiger partial charge in [-0.3, -0.25) is 0 Å². The van der Waals surface area contributed by atoms with Gasteiger partial charge in [-0.1, -0.05) is 41.2 Å². The molecule has 2 aromatic heterocycles. The molecule has 3 aromatic rings. The predicted octanol–water partition coefficient (Wildman–Crippen LogP) is 3.18. The SMILES string of the molecule is Cc1ccc([C@@H](CCO)Nc2nc3c(s2)c(C)nn3C)cc1. The first-order chi connectivity index (χ1) is 10.6. The number of anilines is 1. The van der Waals surface area contributed by atoms with Crippen LogP contribution in [0.4, 0.5) is 5.13 Å². The topological polar surface area (TPSA) is 63.0 Å². The van der Waals surface area contributed by atoms with Crippen LogP contribution >= 0.6 is 11.3 Å². The van der Waals surface area contributed by atoms with Gasteiger partial charge in [-0.05, 0) is 25.8 Å². The fourth-order valence-electron chi connectivity index (χ4n) is 2.55. The van der Waals surface area contributed by atoms with Gasteiger partial charge >= 0.3 is 0 Å². The summed E-state index contributed by atoms with van der Waals surface area (Å²) < 4.78 is 2.91. The van der Waals surface area contributed by atoms with Crippen LogP contribution in [0.5, 0.6) is 0 Å². The first kappa shape index (κ1) is 15.0. The molecule has 0 spiro atoms. The van der Waals surface area contributed by atoms with E-state index in [0.29, 0.717) is 6.42 Å². The summed E-state index contributed by atoms with van der Waals surface area (Å²) in [6, 6.07) is 8.44. The van der Waals surface area contributed by atoms with E-state index in [1.165, 1.54) is 5.56 Å². The Kier molecular flexibility index (Phi) is 4.13. The molecule has 0 saturated heterocycles. The number of aryl methyl sites for hydroxylation is 3. The molecule has 0 aliphatic carbocycles. The molecule has 116 valence electrons. The van der Waals surface area contributed by atoms with Crippen molar-refractivity contribution in [1.82, 2.24) is 14.8 Å². The van der Waals surface area contributed by atoms with E-state index in [-0.39, 0.29) is 12.6 Å². The van der Waals surface area contributed by atoms with Gasteiger partial charge in [0.25, 0.3) is 0 Å². The minimum absolute atomic E-state index is 0.0550. The zero-order valence-electron chi connectivity index (χ0n) is 13.0. The van der Waals surface area contributed by atoms with E-state index in [9.17, 15) is 5.11 Å². The van der Waals surface area contributed by atoms with Gasteiger partial charge in [0.1, 0.15) is 0 Å². The molecule has 0 aliphatic rings. The van der Waals surface area contributed by atoms with E-state index in [2.05, 4.69) is 46.6 Å². The number of aliphatic hydroxyl groups is 1. The molecular weight excluding hydrogens is 296 g/mol. The largest absolute Gasteiger partial charge is 0.396 e. The molecule has 0 saturated carbocycles. The van der Waals surface area contributed by atoms with Gasteiger partial charge in [-0.25, -0.2) is 9.67 Å². The second-order valence-corrected chi connectivity index (χ2v) is 6.50. The van der Waals surface area contributed by atoms with E-state index < -0.39 is 0 Å². The molecule has 6 heteroatoms. The summed E-state index contributed by atoms with van der Waals surface area (Å²) in [5.41, 5.74) is 4.29. The molecule has 2 N–H and O–H groups in total. The fraction of sp³-hybridized carbons (Fsp3) is 0.375. The van der Waals surface area contributed by atoms with E-state index in [0.717, 1.165) is 26.7 Å². The van der Waals surface area contributed by atoms with E-state index in [1.807, 2.05) is 14.0 Å². The number of fused-ring (bicyclic) bond motifs is 1. The predicted molar refractivity (Wildman–Crippen MR) is 90.4 cm³/mol. The van der Waals surface area contributed by atoms with Crippen LogP contribution in [0.15, 0.2) is 24.3 Å². The average molecular weight is 316 g/mol. The lowest BCUT2D eigenvalue weighted by Gasteiger charge is -2.17. The van der Waals surface area contributed by atoms with Crippen LogP contribution in [-0.4, -0.2) is 26.5 Å². The van der Waals surface area contributed by atoms with Crippen LogP contribution in [0.1, 0.15) is 29.3 Å². The normalized spacial score (nSPS) is 12.7. The van der Waals surface area contributed by atoms with Crippen LogP contribution < -0.4 is 5.32 Å². The monoisotopic (exact) mass is 316 g/mol. The lowest BCUT2D eigenvalue weighted by atomic mass is 10.0. The van der Waals surface area contributed by atoms with E-state index in [4.69, 9.17) is 0 Å². The third kappa shape index (κ3) is 2.84. The summed E-state index contributed by atoms with van der Waals surface area (Å²) in [5.74, 6) is 0. The van der Waals surface area contributed by atoms with Crippen LogP contribution in [0.3, 0.4) is 0 Å². The minimum atomic E-state index is 0.0550. The van der Waals surface area contributed by atoms with Crippen LogP contribution in [0, 0.1) is 13.8 Å². The number of nitrogens with zero attached hydrogens (tertiary/aromatic N) is 3. The van der Waals surface area contributed by atoms with Crippen molar-refractivity contribution in [2.24, 2.45) is 7.05 Å². The van der Waals surface area contributed by atoms with E-state index >= 15 is 0 Å². The van der Waals surface area contributed by atoms with Crippen LogP contribution in [-0.2, 0) is 7.05 Å². The Bertz CT molecular complexity index is 741. The first-order valence-electron chi connectivity index (χ1n) is 7.32. The molecule has 22 heavy (non-hydrogen) atoms. The molecular formula is C16H20N4OS. The van der Waals surface area contributed by atoms with Crippen molar-refractivity contribution in [1.29, 1.82) is 0 Å². The van der Waals surface area contributed by atoms with Crippen molar-refractivity contribution in [3.63, 3.8) is 0 Å². The van der Waals surface area contributed by atoms with E-state index in [1.54, 1.807) is 16.0 Å². The third-order valence-electron chi connectivity index (χ3n) is 3.74. The number of thiazole rings is 1. The van der Waals surface area contributed by atoms with Crippen molar-refractivity contribution < 1.29 is 5.11 Å². The van der Waals surface area contributed by atoms with Gasteiger partial charge in [0, 0.05) is 13.7 Å². The quantitative estimate of drug-likeness (QED) is 0.759. The Labute approximate surface area is 133 Å². The van der Waals surface area contributed by atoms with Gasteiger partial charge in [-0.2, -0.15) is 5.10 Å². The zero-order chi connectivity index (χ0) is 15.7. The number of hydrogen-bond donors (Lipinski definition) is 2. The third-order valence-corrected chi connectivity index (χ3v) is 4.82. The highest BCUT2D eigenvalue weighted by Gasteiger charge is 2.16. The molecule has 0 aliphatic heterocycles. The number of benzene rings is 1. The number of aromatic nitrogens is 3. The minimum Gasteiger partial charge on any atom is -0.396 e. The Morgan fingerprint density at radius 2 is 2.00 bits per heavy atom. The van der Waals surface area contributed by atoms with Crippen LogP contribution in [0.25, 0.3) is 10.3 Å². The molecule has 0 amide bonds. The highest BCUT2D eigenvalue weighted by atomic mass is 32.1. The molecule has 0 radical (unpaired) electrons. The molecule has 0 bridgehead atoms. The van der Waals surface area contributed by atoms with Crippen molar-refractivity contribution >= 4 is 26.8 Å². The highest BCUT2D eigenvalue weighted by Crippen LogP contribution is 2.31. The fourth-order valence-corrected chi connectivity index (χ4v) is 3.53. The maximum absolute atomic E-state index is 9.35. The summed E-state index contributed by atoms with van der Waals surface area (Å²) in [4.78, 5) is 4.62. The second-order valence-electron chi connectivity index (χ2n) is 5.50. The van der Waals surface area contributed by atoms with Gasteiger partial charge in [-0.15, -0.1) is 0 Å². The number of rotatable bonds is 5. The maximum Gasteiger partial charge on any atom is 0.185 e. The Morgan fingerprint density at radius 3 is 2.64 bits per heavy atom. The van der Waals surface area contributed by atoms with Gasteiger partial charge in [0.2, 0.25) is 0 Å². The van der Waals surface area contributed by atoms with Crippen LogP contribution in [0.2, 0.25) is 0 Å². The molecule has 3 rings (SSSR count). The molecule has 0 unspecified atom stereocenters. The van der Waals surface area contributed by atoms with Crippen molar-refractivity contribution in [3.05, 3.63) is 41.1 Å². The Morgan fingerprint density at radius 1 is 1.27 bits per heavy atom. The molecule has 1 atom stereocenters. The maximum atomic E-state index is 9.35. The van der Waals surface area contributed by atoms with Crippen molar-refractivity contribution in [2.45, 2.75) is 26.3 Å². The number of aliphatic hydroxyl groups excluding tert-OH is 1. The highest BCUT2D eigenvalue weighted by molar-refractivity contribution is 7.22. The molecule has 1 aromatic carbocycles. The molecule has 2 heterocycles. The second kappa shape index (κ2) is 6.06. The standard InChI is InChI=1S/C16H20N4OS/c1-10-4-6-12(7-5-10)13(8-9-21)17-16-18-15-14(22-16)11(2)19-20(15)3/h4-7,13,21H,8-9H2,1-3H3,(H,17,18)/t13-/m1/s1. The molecule has 0 fully saturated rings. The summed E-state index contributed by atoms with van der Waals surface area (Å²) in [7, 11) is 1.91. The molecule has 5 nitrogen and oxygen atoms in total. The first-order valence-corrected chi connectivity index (χ1v) is 8.14. The lowest BCUT2D eigenvalue weighted by Crippen LogP contribution is -2.12. The summed E-state index contributed by atoms with van der Waals surface area (Å²) in [6.45, 7) is 4.20. The van der Waals surface area contributed by atoms with Crippen molar-refractivity contribution in [2.75, 3.05) is 11.9 Å².